The van der Waals surface area contributed by atoms with E-state index in [0.717, 1.165) is 12.0 Å². The van der Waals surface area contributed by atoms with Crippen LogP contribution in [-0.4, -0.2) is 0 Å². The third-order valence-electron chi connectivity index (χ3n) is 8.71. The summed E-state index contributed by atoms with van der Waals surface area (Å²) in [6.45, 7) is 12.5. The van der Waals surface area contributed by atoms with Crippen LogP contribution in [0.1, 0.15) is 89.8 Å². The van der Waals surface area contributed by atoms with Crippen LogP contribution in [0.2, 0.25) is 0 Å². The number of benzene rings is 5. The number of hydrogen-bond acceptors (Lipinski definition) is 0. The van der Waals surface area contributed by atoms with Crippen molar-refractivity contribution in [3.05, 3.63) is 171 Å². The molecule has 0 fully saturated rings. The highest BCUT2D eigenvalue weighted by atomic mass is 14.5. The molecular formula is C40H40. The highest BCUT2D eigenvalue weighted by Gasteiger charge is 2.49. The minimum absolute atomic E-state index is 0. The fourth-order valence-corrected chi connectivity index (χ4v) is 6.85. The third kappa shape index (κ3) is 3.97. The molecule has 200 valence electrons. The van der Waals surface area contributed by atoms with E-state index in [-0.39, 0.29) is 12.8 Å². The minimum atomic E-state index is -0.301. The zero-order valence-corrected chi connectivity index (χ0v) is 23.5. The van der Waals surface area contributed by atoms with E-state index in [9.17, 15) is 0 Å². The van der Waals surface area contributed by atoms with Crippen LogP contribution >= 0.6 is 0 Å². The summed E-state index contributed by atoms with van der Waals surface area (Å²) in [5.41, 5.74) is 16.1. The van der Waals surface area contributed by atoms with Gasteiger partial charge in [-0.3, -0.25) is 0 Å². The molecule has 7 rings (SSSR count). The Morgan fingerprint density at radius 3 is 1.77 bits per heavy atom. The van der Waals surface area contributed by atoms with Gasteiger partial charge in [0.2, 0.25) is 0 Å². The van der Waals surface area contributed by atoms with Crippen LogP contribution in [0.4, 0.5) is 0 Å². The number of rotatable bonds is 3. The lowest BCUT2D eigenvalue weighted by Crippen LogP contribution is -2.34. The average Bonchev–Trinajstić information content (AvgIpc) is 3.27. The van der Waals surface area contributed by atoms with Gasteiger partial charge in [-0.15, -0.1) is 0 Å². The van der Waals surface area contributed by atoms with Crippen molar-refractivity contribution in [3.63, 3.8) is 0 Å². The van der Waals surface area contributed by atoms with Crippen molar-refractivity contribution >= 4 is 6.08 Å². The molecule has 1 spiro atoms. The summed E-state index contributed by atoms with van der Waals surface area (Å²) in [5.74, 6) is 0.292. The Morgan fingerprint density at radius 1 is 0.650 bits per heavy atom. The molecule has 5 aromatic carbocycles. The fourth-order valence-electron chi connectivity index (χ4n) is 6.85. The summed E-state index contributed by atoms with van der Waals surface area (Å²) < 4.78 is 0. The summed E-state index contributed by atoms with van der Waals surface area (Å²) >= 11 is 0. The van der Waals surface area contributed by atoms with Gasteiger partial charge in [-0.1, -0.05) is 156 Å². The van der Waals surface area contributed by atoms with E-state index >= 15 is 0 Å². The zero-order valence-electron chi connectivity index (χ0n) is 23.5. The standard InChI is InChI=1S/C37H30.C2H6.CH4/c1-4-26-14-16-27(17-15-26)25(3)28-18-20-32-31-19-13-24(2)21-35(31)37(36(32)23-28)33-11-7-5-9-29(33)22-30-10-6-8-12-34(30)37;1-2;/h4-21,23,25H,1,22H2,2-3H3;1-2H3;1H4. The molecule has 1 atom stereocenters. The van der Waals surface area contributed by atoms with Crippen LogP contribution in [0.15, 0.2) is 116 Å². The van der Waals surface area contributed by atoms with Crippen molar-refractivity contribution in [1.29, 1.82) is 0 Å². The van der Waals surface area contributed by atoms with Crippen LogP contribution in [0, 0.1) is 6.92 Å². The Bertz CT molecular complexity index is 1640. The van der Waals surface area contributed by atoms with Gasteiger partial charge < -0.3 is 0 Å². The van der Waals surface area contributed by atoms with Gasteiger partial charge in [0.15, 0.2) is 0 Å². The van der Waals surface area contributed by atoms with Gasteiger partial charge in [-0.25, -0.2) is 0 Å². The molecular weight excluding hydrogens is 480 g/mol. The van der Waals surface area contributed by atoms with E-state index in [1.807, 2.05) is 19.9 Å². The van der Waals surface area contributed by atoms with Crippen LogP contribution in [0.5, 0.6) is 0 Å². The van der Waals surface area contributed by atoms with Crippen LogP contribution in [0.25, 0.3) is 17.2 Å². The largest absolute Gasteiger partial charge is 0.0985 e. The normalized spacial score (nSPS) is 13.9. The van der Waals surface area contributed by atoms with Crippen molar-refractivity contribution in [1.82, 2.24) is 0 Å². The monoisotopic (exact) mass is 520 g/mol. The molecule has 40 heavy (non-hydrogen) atoms. The van der Waals surface area contributed by atoms with Gasteiger partial charge in [-0.2, -0.15) is 0 Å². The van der Waals surface area contributed by atoms with E-state index in [1.165, 1.54) is 61.2 Å². The number of hydrogen-bond donors (Lipinski definition) is 0. The fraction of sp³-hybridized carbons (Fsp3) is 0.200. The van der Waals surface area contributed by atoms with Crippen molar-refractivity contribution in [2.45, 2.75) is 52.9 Å². The van der Waals surface area contributed by atoms with Gasteiger partial charge in [0, 0.05) is 5.92 Å². The predicted octanol–water partition coefficient (Wildman–Crippen LogP) is 10.7. The van der Waals surface area contributed by atoms with Gasteiger partial charge in [-0.05, 0) is 74.5 Å². The maximum atomic E-state index is 3.91. The number of fused-ring (bicyclic) bond motifs is 9. The third-order valence-corrected chi connectivity index (χ3v) is 8.71. The molecule has 2 aliphatic carbocycles. The smallest absolute Gasteiger partial charge is 0.0719 e. The Balaban J connectivity index is 0.00000105. The van der Waals surface area contributed by atoms with E-state index in [2.05, 4.69) is 130 Å². The lowest BCUT2D eigenvalue weighted by Gasteiger charge is -2.40. The van der Waals surface area contributed by atoms with Gasteiger partial charge in [0.1, 0.15) is 0 Å². The molecule has 0 nitrogen and oxygen atoms in total. The van der Waals surface area contributed by atoms with E-state index in [0.29, 0.717) is 5.92 Å². The molecule has 0 aromatic heterocycles. The van der Waals surface area contributed by atoms with E-state index < -0.39 is 0 Å². The first-order chi connectivity index (χ1) is 19.1. The van der Waals surface area contributed by atoms with Gasteiger partial charge >= 0.3 is 0 Å². The van der Waals surface area contributed by atoms with Crippen LogP contribution < -0.4 is 0 Å². The molecule has 0 saturated carbocycles. The molecule has 0 amide bonds. The van der Waals surface area contributed by atoms with Crippen molar-refractivity contribution in [3.8, 4) is 11.1 Å². The maximum Gasteiger partial charge on any atom is 0.0719 e. The Morgan fingerprint density at radius 2 is 1.18 bits per heavy atom. The second-order valence-corrected chi connectivity index (χ2v) is 10.7. The summed E-state index contributed by atoms with van der Waals surface area (Å²) in [5, 5.41) is 0. The highest BCUT2D eigenvalue weighted by Crippen LogP contribution is 2.59. The first kappa shape index (κ1) is 27.4. The van der Waals surface area contributed by atoms with Crippen LogP contribution in [0.3, 0.4) is 0 Å². The Labute approximate surface area is 241 Å². The SMILES string of the molecule is C.C=Cc1ccc(C(C)c2ccc3c(c2)C2(c4ccccc4Cc4ccccc42)c2cc(C)ccc2-3)cc1.CC. The molecule has 1 unspecified atom stereocenters. The summed E-state index contributed by atoms with van der Waals surface area (Å²) in [7, 11) is 0. The predicted molar refractivity (Wildman–Crippen MR) is 173 cm³/mol. The summed E-state index contributed by atoms with van der Waals surface area (Å²) in [6, 6.07) is 41.3. The molecule has 5 aromatic rings. The van der Waals surface area contributed by atoms with Gasteiger partial charge in [0.05, 0.1) is 5.41 Å². The molecule has 0 bridgehead atoms. The Hall–Kier alpha value is -4.16. The highest BCUT2D eigenvalue weighted by molar-refractivity contribution is 5.88. The molecule has 0 heteroatoms. The van der Waals surface area contributed by atoms with E-state index in [1.54, 1.807) is 0 Å². The second-order valence-electron chi connectivity index (χ2n) is 10.7. The lowest BCUT2D eigenvalue weighted by atomic mass is 9.61. The molecule has 2 aliphatic rings. The average molecular weight is 521 g/mol. The lowest BCUT2D eigenvalue weighted by molar-refractivity contribution is 0.719. The first-order valence-corrected chi connectivity index (χ1v) is 14.3. The maximum absolute atomic E-state index is 3.91. The molecule has 0 heterocycles. The van der Waals surface area contributed by atoms with E-state index in [4.69, 9.17) is 0 Å². The van der Waals surface area contributed by atoms with Crippen molar-refractivity contribution < 1.29 is 0 Å². The minimum Gasteiger partial charge on any atom is -0.0985 e. The Kier molecular flexibility index (Phi) is 7.39. The molecule has 0 saturated heterocycles. The topological polar surface area (TPSA) is 0 Å². The summed E-state index contributed by atoms with van der Waals surface area (Å²) in [6.07, 6.45) is 2.89. The van der Waals surface area contributed by atoms with Crippen molar-refractivity contribution in [2.24, 2.45) is 0 Å². The van der Waals surface area contributed by atoms with Gasteiger partial charge in [0.25, 0.3) is 0 Å². The van der Waals surface area contributed by atoms with Crippen LogP contribution in [-0.2, 0) is 11.8 Å². The quantitative estimate of drug-likeness (QED) is 0.217. The molecule has 0 aliphatic heterocycles. The molecule has 0 N–H and O–H groups in total. The van der Waals surface area contributed by atoms with Crippen molar-refractivity contribution in [2.75, 3.05) is 0 Å². The zero-order chi connectivity index (χ0) is 27.1. The summed E-state index contributed by atoms with van der Waals surface area (Å²) in [4.78, 5) is 0. The molecule has 0 radical (unpaired) electrons. The number of aryl methyl sites for hydroxylation is 1. The first-order valence-electron chi connectivity index (χ1n) is 14.3. The second kappa shape index (κ2) is 10.8.